The van der Waals surface area contributed by atoms with E-state index in [1.165, 1.54) is 85.9 Å². The molecule has 1 aromatic heterocycles. The van der Waals surface area contributed by atoms with Crippen molar-refractivity contribution in [1.29, 1.82) is 0 Å². The average Bonchev–Trinajstić information content (AvgIpc) is 3.85. The molecule has 1 spiro atoms. The highest BCUT2D eigenvalue weighted by molar-refractivity contribution is 6.29. The molecule has 4 fully saturated rings. The Bertz CT molecular complexity index is 4100. The first-order chi connectivity index (χ1) is 35.2. The molecule has 0 aliphatic heterocycles. The van der Waals surface area contributed by atoms with Crippen LogP contribution >= 0.6 is 0 Å². The maximum absolute atomic E-state index is 7.16. The third kappa shape index (κ3) is 5.32. The lowest BCUT2D eigenvalue weighted by Crippen LogP contribution is -2.87. The smallest absolute Gasteiger partial charge is 0.143 e. The number of anilines is 3. The van der Waals surface area contributed by atoms with Gasteiger partial charge in [0.15, 0.2) is 0 Å². The Labute approximate surface area is 413 Å². The fourth-order valence-corrected chi connectivity index (χ4v) is 15.4. The summed E-state index contributed by atoms with van der Waals surface area (Å²) in [5, 5.41) is 10.9. The quantitative estimate of drug-likeness (QED) is 0.141. The van der Waals surface area contributed by atoms with Crippen molar-refractivity contribution in [2.75, 3.05) is 4.90 Å². The molecule has 2 heteroatoms. The van der Waals surface area contributed by atoms with Crippen LogP contribution in [0.5, 0.6) is 0 Å². The zero-order valence-electron chi connectivity index (χ0n) is 39.4. The Balaban J connectivity index is 0.846. The normalized spacial score (nSPS) is 21.5. The molecule has 4 aliphatic rings. The van der Waals surface area contributed by atoms with E-state index in [4.69, 9.17) is 4.42 Å². The number of rotatable bonds is 8. The van der Waals surface area contributed by atoms with E-state index in [0.29, 0.717) is 10.8 Å². The molecule has 336 valence electrons. The van der Waals surface area contributed by atoms with Crippen LogP contribution in [0.3, 0.4) is 0 Å². The number of fused-ring (bicyclic) bond motifs is 8. The van der Waals surface area contributed by atoms with Crippen molar-refractivity contribution in [2.24, 2.45) is 23.2 Å². The number of benzene rings is 11. The lowest BCUT2D eigenvalue weighted by atomic mass is 9.12. The van der Waals surface area contributed by atoms with Crippen molar-refractivity contribution in [3.05, 3.63) is 236 Å². The second-order valence-electron chi connectivity index (χ2n) is 21.2. The number of furan rings is 1. The standard InChI is InChI=1S/C69H49NO/c1-3-15-45(16-4-1)64-65-61-24-12-10-22-57(61)59-35-28-47(38-62(59)67(65)71-66(64)46-17-5-2-6-18-46)43-26-31-52(32-27-43)70(53-33-29-48(30-34-53)68-41-50-39-49-40-51(42-68)69(49,50)68)63-37-36-58(56-21-9-11-23-60(56)63)55-25-13-19-44-14-7-8-20-54(44)55/h1-38,49-51H,39-42H2. The van der Waals surface area contributed by atoms with Crippen molar-refractivity contribution in [2.45, 2.75) is 31.1 Å². The van der Waals surface area contributed by atoms with E-state index in [1.807, 2.05) is 0 Å². The zero-order chi connectivity index (χ0) is 46.4. The maximum atomic E-state index is 7.16. The second kappa shape index (κ2) is 14.7. The van der Waals surface area contributed by atoms with E-state index in [2.05, 4.69) is 235 Å². The van der Waals surface area contributed by atoms with Crippen LogP contribution in [0.15, 0.2) is 235 Å². The van der Waals surface area contributed by atoms with Gasteiger partial charge in [-0.25, -0.2) is 0 Å². The minimum Gasteiger partial charge on any atom is -0.455 e. The number of nitrogens with zero attached hydrogens (tertiary/aromatic N) is 1. The minimum atomic E-state index is 0.418. The van der Waals surface area contributed by atoms with E-state index in [1.54, 1.807) is 5.56 Å². The minimum absolute atomic E-state index is 0.418. The van der Waals surface area contributed by atoms with Gasteiger partial charge in [-0.2, -0.15) is 0 Å². The van der Waals surface area contributed by atoms with E-state index < -0.39 is 0 Å². The predicted octanol–water partition coefficient (Wildman–Crippen LogP) is 18.9. The molecule has 0 saturated heterocycles. The van der Waals surface area contributed by atoms with Crippen molar-refractivity contribution in [3.8, 4) is 44.7 Å². The highest BCUT2D eigenvalue weighted by Gasteiger charge is 2.87. The van der Waals surface area contributed by atoms with Gasteiger partial charge >= 0.3 is 0 Å². The molecular weight excluding hydrogens is 859 g/mol. The fourth-order valence-electron chi connectivity index (χ4n) is 15.4. The van der Waals surface area contributed by atoms with Crippen LogP contribution in [0, 0.1) is 23.2 Å². The van der Waals surface area contributed by atoms with Gasteiger partial charge in [-0.05, 0) is 151 Å². The van der Waals surface area contributed by atoms with Gasteiger partial charge in [0.1, 0.15) is 11.3 Å². The summed E-state index contributed by atoms with van der Waals surface area (Å²) in [4.78, 5) is 2.50. The summed E-state index contributed by atoms with van der Waals surface area (Å²) >= 11 is 0. The number of hydrogen-bond acceptors (Lipinski definition) is 2. The topological polar surface area (TPSA) is 16.4 Å². The van der Waals surface area contributed by atoms with Crippen LogP contribution in [0.25, 0.3) is 98.8 Å². The van der Waals surface area contributed by atoms with Gasteiger partial charge in [-0.15, -0.1) is 0 Å². The van der Waals surface area contributed by atoms with Crippen molar-refractivity contribution in [1.82, 2.24) is 0 Å². The summed E-state index contributed by atoms with van der Waals surface area (Å²) in [6.07, 6.45) is 5.75. The molecule has 12 aromatic rings. The van der Waals surface area contributed by atoms with Gasteiger partial charge in [0, 0.05) is 44.1 Å². The first-order valence-corrected chi connectivity index (χ1v) is 25.7. The monoisotopic (exact) mass is 907 g/mol. The molecule has 2 unspecified atom stereocenters. The summed E-state index contributed by atoms with van der Waals surface area (Å²) in [7, 11) is 0. The third-order valence-corrected chi connectivity index (χ3v) is 18.3. The Kier molecular flexibility index (Phi) is 8.19. The van der Waals surface area contributed by atoms with Gasteiger partial charge in [0.25, 0.3) is 0 Å². The molecule has 4 saturated carbocycles. The van der Waals surface area contributed by atoms with Gasteiger partial charge in [-0.1, -0.05) is 194 Å². The van der Waals surface area contributed by atoms with E-state index in [9.17, 15) is 0 Å². The SMILES string of the molecule is c1ccc(-c2oc3c4cc(-c5ccc(N(c6ccc(C78CC9CC%10CC(C7)C%1098)cc6)c6ccc(-c7cccc8ccccc78)c7ccccc67)cc5)ccc4c4ccccc4c3c2-c2ccccc2)cc1. The van der Waals surface area contributed by atoms with E-state index in [0.717, 1.165) is 73.4 Å². The molecule has 2 atom stereocenters. The molecule has 11 aromatic carbocycles. The molecule has 0 amide bonds. The van der Waals surface area contributed by atoms with Crippen LogP contribution in [0.2, 0.25) is 0 Å². The van der Waals surface area contributed by atoms with Gasteiger partial charge < -0.3 is 9.32 Å². The lowest BCUT2D eigenvalue weighted by Gasteiger charge is -2.91. The van der Waals surface area contributed by atoms with Gasteiger partial charge in [-0.3, -0.25) is 0 Å². The first-order valence-electron chi connectivity index (χ1n) is 25.7. The van der Waals surface area contributed by atoms with Crippen LogP contribution in [-0.4, -0.2) is 0 Å². The van der Waals surface area contributed by atoms with Crippen molar-refractivity contribution in [3.63, 3.8) is 0 Å². The summed E-state index contributed by atoms with van der Waals surface area (Å²) in [6.45, 7) is 0. The largest absolute Gasteiger partial charge is 0.455 e. The molecule has 16 rings (SSSR count). The van der Waals surface area contributed by atoms with Crippen LogP contribution in [-0.2, 0) is 5.41 Å². The predicted molar refractivity (Wildman–Crippen MR) is 296 cm³/mol. The molecule has 1 heterocycles. The summed E-state index contributed by atoms with van der Waals surface area (Å²) in [5.41, 5.74) is 15.2. The van der Waals surface area contributed by atoms with Crippen LogP contribution in [0.4, 0.5) is 17.1 Å². The first kappa shape index (κ1) is 39.6. The van der Waals surface area contributed by atoms with Crippen molar-refractivity contribution < 1.29 is 4.42 Å². The number of hydrogen-bond donors (Lipinski definition) is 0. The highest BCUT2D eigenvalue weighted by Crippen LogP contribution is 2.92. The molecule has 0 bridgehead atoms. The highest BCUT2D eigenvalue weighted by atomic mass is 16.3. The van der Waals surface area contributed by atoms with Crippen molar-refractivity contribution >= 4 is 71.1 Å². The molecule has 4 aliphatic carbocycles. The average molecular weight is 908 g/mol. The maximum Gasteiger partial charge on any atom is 0.143 e. The van der Waals surface area contributed by atoms with Gasteiger partial charge in [0.05, 0.1) is 5.69 Å². The van der Waals surface area contributed by atoms with Gasteiger partial charge in [0.2, 0.25) is 0 Å². The van der Waals surface area contributed by atoms with Crippen LogP contribution in [0.1, 0.15) is 31.2 Å². The Morgan fingerprint density at radius 3 is 1.69 bits per heavy atom. The Morgan fingerprint density at radius 1 is 0.394 bits per heavy atom. The zero-order valence-corrected chi connectivity index (χ0v) is 39.4. The summed E-state index contributed by atoms with van der Waals surface area (Å²) in [5.74, 6) is 3.83. The molecule has 0 radical (unpaired) electrons. The Morgan fingerprint density at radius 2 is 0.972 bits per heavy atom. The van der Waals surface area contributed by atoms with E-state index in [-0.39, 0.29) is 0 Å². The molecule has 0 N–H and O–H groups in total. The molecule has 71 heavy (non-hydrogen) atoms. The third-order valence-electron chi connectivity index (χ3n) is 18.3. The van der Waals surface area contributed by atoms with E-state index >= 15 is 0 Å². The lowest BCUT2D eigenvalue weighted by molar-refractivity contribution is -0.395. The summed E-state index contributed by atoms with van der Waals surface area (Å²) < 4.78 is 7.16. The second-order valence-corrected chi connectivity index (χ2v) is 21.2. The Hall–Kier alpha value is -8.20. The van der Waals surface area contributed by atoms with Crippen LogP contribution < -0.4 is 4.90 Å². The fraction of sp³-hybridized carbons (Fsp3) is 0.130. The molecule has 2 nitrogen and oxygen atoms in total. The summed E-state index contributed by atoms with van der Waals surface area (Å²) in [6, 6.07) is 85.3. The molecular formula is C69H49NO.